The number of nitrogens with one attached hydrogen (secondary N) is 1. The molecule has 216 valence electrons. The second kappa shape index (κ2) is 12.8. The Bertz CT molecular complexity index is 1620. The van der Waals surface area contributed by atoms with Crippen molar-refractivity contribution in [1.82, 2.24) is 9.88 Å². The Balaban J connectivity index is 1.40. The van der Waals surface area contributed by atoms with Crippen molar-refractivity contribution in [2.45, 2.75) is 51.5 Å². The number of carbonyl (C=O) groups excluding carboxylic acids is 1. The Kier molecular flexibility index (Phi) is 8.72. The lowest BCUT2D eigenvalue weighted by Gasteiger charge is -2.31. The summed E-state index contributed by atoms with van der Waals surface area (Å²) in [6.07, 6.45) is 7.24. The van der Waals surface area contributed by atoms with E-state index in [1.807, 2.05) is 30.3 Å². The third kappa shape index (κ3) is 6.39. The average molecular weight is 567 g/mol. The highest BCUT2D eigenvalue weighted by molar-refractivity contribution is 5.94. The minimum atomic E-state index is -0.936. The van der Waals surface area contributed by atoms with Gasteiger partial charge in [-0.2, -0.15) is 5.26 Å². The van der Waals surface area contributed by atoms with Gasteiger partial charge in [-0.25, -0.2) is 4.98 Å². The zero-order valence-electron chi connectivity index (χ0n) is 23.8. The fraction of sp³-hybridized carbons (Fsp3) is 0.333. The summed E-state index contributed by atoms with van der Waals surface area (Å²) >= 11 is 0. The second-order valence-corrected chi connectivity index (χ2v) is 10.8. The summed E-state index contributed by atoms with van der Waals surface area (Å²) in [5.74, 6) is 0.933. The van der Waals surface area contributed by atoms with Crippen molar-refractivity contribution in [3.8, 4) is 17.7 Å². The minimum Gasteiger partial charge on any atom is -0.481 e. The van der Waals surface area contributed by atoms with Crippen molar-refractivity contribution in [3.63, 3.8) is 0 Å². The van der Waals surface area contributed by atoms with Gasteiger partial charge in [0.05, 0.1) is 12.5 Å². The maximum absolute atomic E-state index is 12.7. The van der Waals surface area contributed by atoms with Crippen molar-refractivity contribution >= 4 is 28.5 Å². The van der Waals surface area contributed by atoms with Crippen LogP contribution in [-0.4, -0.2) is 40.5 Å². The van der Waals surface area contributed by atoms with Crippen LogP contribution in [-0.2, 0) is 4.79 Å². The molecule has 5 rings (SSSR count). The van der Waals surface area contributed by atoms with Gasteiger partial charge in [-0.05, 0) is 80.3 Å². The maximum Gasteiger partial charge on any atom is 0.305 e. The predicted molar refractivity (Wildman–Crippen MR) is 159 cm³/mol. The van der Waals surface area contributed by atoms with Gasteiger partial charge in [0.25, 0.3) is 5.91 Å². The molecular formula is C33H34N4O5. The van der Waals surface area contributed by atoms with E-state index in [1.165, 1.54) is 24.2 Å². The van der Waals surface area contributed by atoms with E-state index in [0.717, 1.165) is 40.8 Å². The number of furan rings is 1. The van der Waals surface area contributed by atoms with Gasteiger partial charge in [-0.15, -0.1) is 0 Å². The van der Waals surface area contributed by atoms with Crippen LogP contribution in [0.3, 0.4) is 0 Å². The Morgan fingerprint density at radius 3 is 2.64 bits per heavy atom. The number of aliphatic carboxylic acids is 1. The number of carboxylic acids is 1. The summed E-state index contributed by atoms with van der Waals surface area (Å²) in [4.78, 5) is 29.3. The zero-order chi connectivity index (χ0) is 29.6. The number of rotatable bonds is 10. The lowest BCUT2D eigenvalue weighted by atomic mass is 9.82. The molecule has 1 unspecified atom stereocenters. The van der Waals surface area contributed by atoms with Gasteiger partial charge in [-0.1, -0.05) is 19.3 Å². The van der Waals surface area contributed by atoms with Crippen LogP contribution in [0.25, 0.3) is 11.0 Å². The van der Waals surface area contributed by atoms with Crippen LogP contribution >= 0.6 is 0 Å². The number of amides is 1. The van der Waals surface area contributed by atoms with E-state index in [4.69, 9.17) is 14.3 Å². The van der Waals surface area contributed by atoms with E-state index in [-0.39, 0.29) is 30.8 Å². The van der Waals surface area contributed by atoms with E-state index >= 15 is 0 Å². The lowest BCUT2D eigenvalue weighted by molar-refractivity contribution is -0.137. The second-order valence-electron chi connectivity index (χ2n) is 10.8. The largest absolute Gasteiger partial charge is 0.481 e. The molecular weight excluding hydrogens is 532 g/mol. The Labute approximate surface area is 244 Å². The molecule has 1 aliphatic carbocycles. The van der Waals surface area contributed by atoms with Crippen molar-refractivity contribution in [2.75, 3.05) is 18.9 Å². The molecule has 2 aromatic carbocycles. The number of hydrogen-bond acceptors (Lipinski definition) is 7. The normalized spacial score (nSPS) is 14.2. The molecule has 2 aromatic heterocycles. The number of hydrogen-bond donors (Lipinski definition) is 2. The summed E-state index contributed by atoms with van der Waals surface area (Å²) in [5, 5.41) is 23.0. The van der Waals surface area contributed by atoms with Crippen LogP contribution in [0, 0.1) is 24.2 Å². The molecule has 0 bridgehead atoms. The molecule has 0 saturated heterocycles. The number of nitriles is 1. The predicted octanol–water partition coefficient (Wildman–Crippen LogP) is 7.08. The van der Waals surface area contributed by atoms with Crippen LogP contribution in [0.2, 0.25) is 0 Å². The number of benzene rings is 2. The Morgan fingerprint density at radius 2 is 1.93 bits per heavy atom. The highest BCUT2D eigenvalue weighted by atomic mass is 16.5. The Morgan fingerprint density at radius 1 is 1.17 bits per heavy atom. The number of anilines is 1. The fourth-order valence-corrected chi connectivity index (χ4v) is 5.59. The third-order valence-corrected chi connectivity index (χ3v) is 7.92. The number of aryl methyl sites for hydroxylation is 1. The molecule has 1 amide bonds. The first kappa shape index (κ1) is 28.7. The standard InChI is InChI=1S/C33H34N4O5/c1-21-27-19-26(41-32-24(20-34)9-6-17-35-32)14-15-28(27)42-31(21)30(22-7-4-3-5-8-22)36-25-12-10-23(11-13-25)33(40)37(2)18-16-29(38)39/h6,9-15,17,19,22,30,36H,3-5,7-8,16,18H2,1-2H3,(H,38,39). The van der Waals surface area contributed by atoms with Crippen molar-refractivity contribution in [1.29, 1.82) is 5.26 Å². The fourth-order valence-electron chi connectivity index (χ4n) is 5.59. The summed E-state index contributed by atoms with van der Waals surface area (Å²) in [7, 11) is 1.61. The average Bonchev–Trinajstić information content (AvgIpc) is 3.34. The highest BCUT2D eigenvalue weighted by Crippen LogP contribution is 2.41. The van der Waals surface area contributed by atoms with Gasteiger partial charge in [0, 0.05) is 42.0 Å². The lowest BCUT2D eigenvalue weighted by Crippen LogP contribution is -2.29. The van der Waals surface area contributed by atoms with Gasteiger partial charge in [0.2, 0.25) is 5.88 Å². The van der Waals surface area contributed by atoms with Gasteiger partial charge in [0.15, 0.2) is 0 Å². The minimum absolute atomic E-state index is 0.0668. The van der Waals surface area contributed by atoms with E-state index in [2.05, 4.69) is 23.3 Å². The molecule has 1 atom stereocenters. The first-order valence-corrected chi connectivity index (χ1v) is 14.2. The van der Waals surface area contributed by atoms with Gasteiger partial charge >= 0.3 is 5.97 Å². The van der Waals surface area contributed by atoms with Crippen LogP contribution in [0.1, 0.15) is 71.8 Å². The van der Waals surface area contributed by atoms with Crippen molar-refractivity contribution < 1.29 is 23.8 Å². The maximum atomic E-state index is 12.7. The highest BCUT2D eigenvalue weighted by Gasteiger charge is 2.30. The molecule has 1 aliphatic rings. The molecule has 1 fully saturated rings. The summed E-state index contributed by atoms with van der Waals surface area (Å²) < 4.78 is 12.4. The molecule has 4 aromatic rings. The van der Waals surface area contributed by atoms with E-state index in [9.17, 15) is 14.9 Å². The molecule has 42 heavy (non-hydrogen) atoms. The number of ether oxygens (including phenoxy) is 1. The van der Waals surface area contributed by atoms with Gasteiger partial charge in [0.1, 0.15) is 28.7 Å². The van der Waals surface area contributed by atoms with E-state index < -0.39 is 5.97 Å². The molecule has 9 heteroatoms. The number of carbonyl (C=O) groups is 2. The molecule has 0 aliphatic heterocycles. The first-order valence-electron chi connectivity index (χ1n) is 14.2. The van der Waals surface area contributed by atoms with Crippen LogP contribution in [0.5, 0.6) is 11.6 Å². The molecule has 0 spiro atoms. The summed E-state index contributed by atoms with van der Waals surface area (Å²) in [5.41, 5.74) is 3.51. The summed E-state index contributed by atoms with van der Waals surface area (Å²) in [6, 6.07) is 18.3. The number of aromatic nitrogens is 1. The molecule has 2 heterocycles. The van der Waals surface area contributed by atoms with Crippen LogP contribution in [0.15, 0.2) is 65.2 Å². The summed E-state index contributed by atoms with van der Waals surface area (Å²) in [6.45, 7) is 2.20. The molecule has 2 N–H and O–H groups in total. The third-order valence-electron chi connectivity index (χ3n) is 7.92. The topological polar surface area (TPSA) is 129 Å². The smallest absolute Gasteiger partial charge is 0.305 e. The number of nitrogens with zero attached hydrogens (tertiary/aromatic N) is 3. The van der Waals surface area contributed by atoms with Crippen LogP contribution < -0.4 is 10.1 Å². The first-order chi connectivity index (χ1) is 20.3. The number of carboxylic acid groups (broad SMARTS) is 1. The Hall–Kier alpha value is -4.84. The van der Waals surface area contributed by atoms with E-state index in [1.54, 1.807) is 37.5 Å². The quantitative estimate of drug-likeness (QED) is 0.208. The SMILES string of the molecule is Cc1c(C(Nc2ccc(C(=O)N(C)CCC(=O)O)cc2)C2CCCCC2)oc2ccc(Oc3ncccc3C#N)cc12. The number of pyridine rings is 1. The molecule has 9 nitrogen and oxygen atoms in total. The van der Waals surface area contributed by atoms with Gasteiger partial charge in [-0.3, -0.25) is 9.59 Å². The van der Waals surface area contributed by atoms with Gasteiger partial charge < -0.3 is 24.5 Å². The van der Waals surface area contributed by atoms with Crippen molar-refractivity contribution in [2.24, 2.45) is 5.92 Å². The molecule has 0 radical (unpaired) electrons. The number of fused-ring (bicyclic) bond motifs is 1. The monoisotopic (exact) mass is 566 g/mol. The van der Waals surface area contributed by atoms with Crippen LogP contribution in [0.4, 0.5) is 5.69 Å². The van der Waals surface area contributed by atoms with E-state index in [0.29, 0.717) is 22.8 Å². The zero-order valence-corrected chi connectivity index (χ0v) is 23.8. The molecule has 1 saturated carbocycles. The van der Waals surface area contributed by atoms with Crippen molar-refractivity contribution in [3.05, 3.63) is 83.2 Å².